The molecule has 1 heterocycles. The van der Waals surface area contributed by atoms with Crippen LogP contribution in [0.1, 0.15) is 22.3 Å². The number of hydrogen-bond acceptors (Lipinski definition) is 1. The molecule has 0 radical (unpaired) electrons. The lowest BCUT2D eigenvalue weighted by molar-refractivity contribution is 0.794. The smallest absolute Gasteiger partial charge is 0.0726 e. The van der Waals surface area contributed by atoms with Gasteiger partial charge in [0.1, 0.15) is 0 Å². The Kier molecular flexibility index (Phi) is 9.83. The minimum absolute atomic E-state index is 0.513. The molecule has 13 aromatic rings. The molecule has 2 heteroatoms. The third kappa shape index (κ3) is 6.66. The highest BCUT2D eigenvalue weighted by atomic mass is 15.1. The van der Waals surface area contributed by atoms with Crippen molar-refractivity contribution in [3.8, 4) is 72.4 Å². The summed E-state index contributed by atoms with van der Waals surface area (Å²) in [6.45, 7) is 0. The molecule has 12 aromatic carbocycles. The summed E-state index contributed by atoms with van der Waals surface area (Å²) in [5.74, 6) is 0. The van der Waals surface area contributed by atoms with Gasteiger partial charge in [0.25, 0.3) is 0 Å². The first kappa shape index (κ1) is 42.9. The number of para-hydroxylation sites is 2. The molecule has 75 heavy (non-hydrogen) atoms. The zero-order valence-corrected chi connectivity index (χ0v) is 41.1. The van der Waals surface area contributed by atoms with Crippen LogP contribution < -0.4 is 4.90 Å². The van der Waals surface area contributed by atoms with Crippen molar-refractivity contribution < 1.29 is 0 Å². The predicted molar refractivity (Wildman–Crippen MR) is 314 cm³/mol. The molecule has 1 unspecified atom stereocenters. The van der Waals surface area contributed by atoms with Crippen molar-refractivity contribution in [2.24, 2.45) is 0 Å². The van der Waals surface area contributed by atoms with E-state index >= 15 is 0 Å². The van der Waals surface area contributed by atoms with Crippen LogP contribution in [0.3, 0.4) is 0 Å². The van der Waals surface area contributed by atoms with Crippen LogP contribution in [0.4, 0.5) is 17.1 Å². The van der Waals surface area contributed by atoms with Crippen molar-refractivity contribution >= 4 is 38.9 Å². The van der Waals surface area contributed by atoms with E-state index in [9.17, 15) is 0 Å². The summed E-state index contributed by atoms with van der Waals surface area (Å²) in [5, 5.41) is 2.57. The Bertz CT molecular complexity index is 4250. The van der Waals surface area contributed by atoms with E-state index in [-0.39, 0.29) is 0 Å². The van der Waals surface area contributed by atoms with Gasteiger partial charge in [-0.2, -0.15) is 0 Å². The Balaban J connectivity index is 0.896. The predicted octanol–water partition coefficient (Wildman–Crippen LogP) is 19.3. The average molecular weight is 953 g/mol. The van der Waals surface area contributed by atoms with Gasteiger partial charge in [-0.15, -0.1) is 0 Å². The standard InChI is InChI=1S/C73H48N2/c1-5-19-49(20-6-1)52-33-38-58(39-34-52)74(60-46-55(50-21-7-2-8-22-50)45-56(47-60)51-23-9-3-10-24-51)59-40-35-53(36-41-59)54-37-42-62-61-27-13-16-30-65(61)73(68(62)48-54)66-31-17-14-28-63(66)71-67(73)43-44-70-72(71)64-29-15-18-32-69(64)75(70)57-25-11-4-12-26-57/h1-48H. The Morgan fingerprint density at radius 1 is 0.267 bits per heavy atom. The van der Waals surface area contributed by atoms with Crippen molar-refractivity contribution in [3.05, 3.63) is 313 Å². The minimum atomic E-state index is -0.513. The third-order valence-electron chi connectivity index (χ3n) is 16.0. The second-order valence-corrected chi connectivity index (χ2v) is 20.0. The summed E-state index contributed by atoms with van der Waals surface area (Å²) in [6, 6.07) is 107. The number of fused-ring (bicyclic) bond motifs is 14. The maximum atomic E-state index is 2.50. The van der Waals surface area contributed by atoms with E-state index in [4.69, 9.17) is 0 Å². The second kappa shape index (κ2) is 17.2. The maximum Gasteiger partial charge on any atom is 0.0726 e. The Hall–Kier alpha value is -9.76. The van der Waals surface area contributed by atoms with Gasteiger partial charge in [0.2, 0.25) is 0 Å². The lowest BCUT2D eigenvalue weighted by atomic mass is 9.70. The molecule has 0 amide bonds. The van der Waals surface area contributed by atoms with Gasteiger partial charge in [-0.25, -0.2) is 0 Å². The Morgan fingerprint density at radius 3 is 1.36 bits per heavy atom. The topological polar surface area (TPSA) is 8.17 Å². The van der Waals surface area contributed by atoms with Crippen molar-refractivity contribution in [3.63, 3.8) is 0 Å². The number of benzene rings is 12. The van der Waals surface area contributed by atoms with Gasteiger partial charge in [0.05, 0.1) is 16.4 Å². The Labute approximate surface area is 437 Å². The van der Waals surface area contributed by atoms with Crippen LogP contribution in [-0.2, 0) is 5.41 Å². The third-order valence-corrected chi connectivity index (χ3v) is 16.0. The quantitative estimate of drug-likeness (QED) is 0.147. The monoisotopic (exact) mass is 952 g/mol. The molecule has 2 nitrogen and oxygen atoms in total. The summed E-state index contributed by atoms with van der Waals surface area (Å²) in [5.41, 5.74) is 26.3. The van der Waals surface area contributed by atoms with E-state index in [1.54, 1.807) is 0 Å². The highest BCUT2D eigenvalue weighted by Crippen LogP contribution is 2.64. The fourth-order valence-corrected chi connectivity index (χ4v) is 12.7. The van der Waals surface area contributed by atoms with Crippen molar-refractivity contribution in [2.75, 3.05) is 4.90 Å². The van der Waals surface area contributed by atoms with E-state index in [0.717, 1.165) is 17.1 Å². The first-order valence-corrected chi connectivity index (χ1v) is 26.0. The van der Waals surface area contributed by atoms with Gasteiger partial charge in [-0.1, -0.05) is 218 Å². The molecule has 0 bridgehead atoms. The van der Waals surface area contributed by atoms with Crippen LogP contribution in [0.15, 0.2) is 291 Å². The normalized spacial score (nSPS) is 13.9. The van der Waals surface area contributed by atoms with Crippen molar-refractivity contribution in [1.82, 2.24) is 4.57 Å². The number of nitrogens with zero attached hydrogens (tertiary/aromatic N) is 2. The van der Waals surface area contributed by atoms with E-state index in [2.05, 4.69) is 301 Å². The summed E-state index contributed by atoms with van der Waals surface area (Å²) in [7, 11) is 0. The molecular formula is C73H48N2. The number of anilines is 3. The fourth-order valence-electron chi connectivity index (χ4n) is 12.7. The van der Waals surface area contributed by atoms with Gasteiger partial charge in [0.15, 0.2) is 0 Å². The molecule has 2 aliphatic carbocycles. The molecule has 1 atom stereocenters. The summed E-state index contributed by atoms with van der Waals surface area (Å²) < 4.78 is 2.44. The summed E-state index contributed by atoms with van der Waals surface area (Å²) >= 11 is 0. The SMILES string of the molecule is c1ccc(-c2ccc(N(c3ccc(-c4ccc5c(c4)C4(c6ccccc6-5)c5ccccc5-c5c4ccc4c5c5ccccc5n4-c4ccccc4)cc3)c3cc(-c4ccccc4)cc(-c4ccccc4)c3)cc2)cc1. The molecule has 0 N–H and O–H groups in total. The van der Waals surface area contributed by atoms with Crippen molar-refractivity contribution in [1.29, 1.82) is 0 Å². The van der Waals surface area contributed by atoms with Crippen LogP contribution >= 0.6 is 0 Å². The van der Waals surface area contributed by atoms with E-state index in [1.807, 2.05) is 0 Å². The van der Waals surface area contributed by atoms with Gasteiger partial charge < -0.3 is 9.47 Å². The number of hydrogen-bond donors (Lipinski definition) is 0. The second-order valence-electron chi connectivity index (χ2n) is 20.0. The zero-order chi connectivity index (χ0) is 49.5. The zero-order valence-electron chi connectivity index (χ0n) is 41.1. The summed E-state index contributed by atoms with van der Waals surface area (Å²) in [6.07, 6.45) is 0. The summed E-state index contributed by atoms with van der Waals surface area (Å²) in [4.78, 5) is 2.41. The van der Waals surface area contributed by atoms with Crippen molar-refractivity contribution in [2.45, 2.75) is 5.41 Å². The Morgan fingerprint density at radius 2 is 0.733 bits per heavy atom. The van der Waals surface area contributed by atoms with Gasteiger partial charge in [-0.05, 0) is 162 Å². The molecule has 0 saturated heterocycles. The molecule has 0 saturated carbocycles. The number of aromatic nitrogens is 1. The van der Waals surface area contributed by atoms with Crippen LogP contribution in [-0.4, -0.2) is 4.57 Å². The highest BCUT2D eigenvalue weighted by molar-refractivity contribution is 6.19. The molecule has 2 aliphatic rings. The maximum absolute atomic E-state index is 2.50. The van der Waals surface area contributed by atoms with Crippen LogP contribution in [0.5, 0.6) is 0 Å². The number of rotatable bonds is 8. The first-order chi connectivity index (χ1) is 37.2. The van der Waals surface area contributed by atoms with Gasteiger partial charge in [-0.3, -0.25) is 0 Å². The molecule has 350 valence electrons. The van der Waals surface area contributed by atoms with Gasteiger partial charge in [0, 0.05) is 33.5 Å². The molecule has 15 rings (SSSR count). The highest BCUT2D eigenvalue weighted by Gasteiger charge is 2.52. The molecule has 0 aliphatic heterocycles. The van der Waals surface area contributed by atoms with Gasteiger partial charge >= 0.3 is 0 Å². The van der Waals surface area contributed by atoms with E-state index in [1.165, 1.54) is 117 Å². The molecular weight excluding hydrogens is 905 g/mol. The molecule has 0 fully saturated rings. The molecule has 1 spiro atoms. The van der Waals surface area contributed by atoms with Crippen LogP contribution in [0.2, 0.25) is 0 Å². The van der Waals surface area contributed by atoms with E-state index < -0.39 is 5.41 Å². The lowest BCUT2D eigenvalue weighted by Gasteiger charge is -2.31. The molecule has 1 aromatic heterocycles. The largest absolute Gasteiger partial charge is 0.310 e. The van der Waals surface area contributed by atoms with Crippen LogP contribution in [0, 0.1) is 0 Å². The minimum Gasteiger partial charge on any atom is -0.310 e. The fraction of sp³-hybridized carbons (Fsp3) is 0.0137. The average Bonchev–Trinajstić information content (AvgIpc) is 4.11. The first-order valence-electron chi connectivity index (χ1n) is 26.0. The van der Waals surface area contributed by atoms with E-state index in [0.29, 0.717) is 0 Å². The van der Waals surface area contributed by atoms with Crippen LogP contribution in [0.25, 0.3) is 94.3 Å². The lowest BCUT2D eigenvalue weighted by Crippen LogP contribution is -2.25.